The molecule has 2 atom stereocenters. The predicted octanol–water partition coefficient (Wildman–Crippen LogP) is 1.31. The summed E-state index contributed by atoms with van der Waals surface area (Å²) in [5.41, 5.74) is 0.451. The first-order chi connectivity index (χ1) is 5.77. The Morgan fingerprint density at radius 2 is 2.25 bits per heavy atom. The van der Waals surface area contributed by atoms with Crippen LogP contribution in [0, 0.1) is 11.3 Å². The van der Waals surface area contributed by atoms with E-state index in [0.717, 1.165) is 0 Å². The quantitative estimate of drug-likeness (QED) is 0.549. The summed E-state index contributed by atoms with van der Waals surface area (Å²) in [6.45, 7) is 2.40. The van der Waals surface area contributed by atoms with E-state index in [1.54, 1.807) is 0 Å². The van der Waals surface area contributed by atoms with Gasteiger partial charge in [0.2, 0.25) is 0 Å². The van der Waals surface area contributed by atoms with Crippen LogP contribution in [0.25, 0.3) is 0 Å². The van der Waals surface area contributed by atoms with Gasteiger partial charge in [0.1, 0.15) is 6.29 Å². The van der Waals surface area contributed by atoms with Crippen molar-refractivity contribution < 1.29 is 4.79 Å². The lowest BCUT2D eigenvalue weighted by Crippen LogP contribution is -2.19. The Labute approximate surface area is 73.9 Å². The van der Waals surface area contributed by atoms with Crippen LogP contribution < -0.4 is 0 Å². The number of aldehydes is 1. The molecule has 68 valence electrons. The maximum absolute atomic E-state index is 10.6. The Bertz CT molecular complexity index is 192. The number of nitrogens with zero attached hydrogens (tertiary/aromatic N) is 1. The molecule has 0 amide bonds. The molecule has 0 aromatic carbocycles. The second kappa shape index (κ2) is 2.84. The average Bonchev–Trinajstić information content (AvgIpc) is 2.79. The molecule has 0 aromatic heterocycles. The van der Waals surface area contributed by atoms with Crippen LogP contribution in [0.4, 0.5) is 0 Å². The minimum absolute atomic E-state index is 0.406. The van der Waals surface area contributed by atoms with Crippen molar-refractivity contribution >= 4 is 6.29 Å². The SMILES string of the molecule is CN1CCCC2(CC1)CC2C=O. The van der Waals surface area contributed by atoms with Crippen molar-refractivity contribution in [1.82, 2.24) is 4.90 Å². The number of rotatable bonds is 1. The molecular formula is C10H17NO. The van der Waals surface area contributed by atoms with Crippen LogP contribution in [-0.4, -0.2) is 31.3 Å². The largest absolute Gasteiger partial charge is 0.306 e. The van der Waals surface area contributed by atoms with Gasteiger partial charge in [-0.15, -0.1) is 0 Å². The fourth-order valence-electron chi connectivity index (χ4n) is 2.50. The molecular weight excluding hydrogens is 150 g/mol. The fourth-order valence-corrected chi connectivity index (χ4v) is 2.50. The van der Waals surface area contributed by atoms with Crippen LogP contribution in [0.3, 0.4) is 0 Å². The lowest BCUT2D eigenvalue weighted by molar-refractivity contribution is -0.109. The molecule has 2 heteroatoms. The molecule has 0 radical (unpaired) electrons. The summed E-state index contributed by atoms with van der Waals surface area (Å²) >= 11 is 0. The highest BCUT2D eigenvalue weighted by Gasteiger charge is 2.53. The zero-order valence-corrected chi connectivity index (χ0v) is 7.75. The third-order valence-electron chi connectivity index (χ3n) is 3.62. The van der Waals surface area contributed by atoms with Crippen LogP contribution in [0.1, 0.15) is 25.7 Å². The molecule has 2 aliphatic rings. The van der Waals surface area contributed by atoms with E-state index in [1.165, 1.54) is 45.1 Å². The monoisotopic (exact) mass is 167 g/mol. The van der Waals surface area contributed by atoms with Crippen molar-refractivity contribution in [3.05, 3.63) is 0 Å². The van der Waals surface area contributed by atoms with Gasteiger partial charge in [0.15, 0.2) is 0 Å². The summed E-state index contributed by atoms with van der Waals surface area (Å²) < 4.78 is 0. The second-order valence-corrected chi connectivity index (χ2v) is 4.47. The molecule has 1 aliphatic heterocycles. The molecule has 1 saturated heterocycles. The zero-order chi connectivity index (χ0) is 8.60. The molecule has 12 heavy (non-hydrogen) atoms. The van der Waals surface area contributed by atoms with E-state index in [1.807, 2.05) is 0 Å². The van der Waals surface area contributed by atoms with Crippen molar-refractivity contribution in [3.63, 3.8) is 0 Å². The normalized spacial score (nSPS) is 42.6. The molecule has 1 aliphatic carbocycles. The first-order valence-electron chi connectivity index (χ1n) is 4.91. The smallest absolute Gasteiger partial charge is 0.123 e. The van der Waals surface area contributed by atoms with Gasteiger partial charge in [0.25, 0.3) is 0 Å². The van der Waals surface area contributed by atoms with Crippen LogP contribution in [0.15, 0.2) is 0 Å². The van der Waals surface area contributed by atoms with Crippen molar-refractivity contribution in [2.75, 3.05) is 20.1 Å². The minimum atomic E-state index is 0.406. The van der Waals surface area contributed by atoms with E-state index in [-0.39, 0.29) is 0 Å². The van der Waals surface area contributed by atoms with E-state index in [4.69, 9.17) is 0 Å². The van der Waals surface area contributed by atoms with Crippen molar-refractivity contribution in [2.24, 2.45) is 11.3 Å². The molecule has 2 nitrogen and oxygen atoms in total. The van der Waals surface area contributed by atoms with Gasteiger partial charge in [-0.25, -0.2) is 0 Å². The average molecular weight is 167 g/mol. The van der Waals surface area contributed by atoms with Gasteiger partial charge in [0, 0.05) is 5.92 Å². The fraction of sp³-hybridized carbons (Fsp3) is 0.900. The summed E-state index contributed by atoms with van der Waals surface area (Å²) in [5, 5.41) is 0. The van der Waals surface area contributed by atoms with Crippen LogP contribution in [0.2, 0.25) is 0 Å². The van der Waals surface area contributed by atoms with Gasteiger partial charge in [0.05, 0.1) is 0 Å². The van der Waals surface area contributed by atoms with Crippen molar-refractivity contribution in [2.45, 2.75) is 25.7 Å². The van der Waals surface area contributed by atoms with Crippen molar-refractivity contribution in [1.29, 1.82) is 0 Å². The molecule has 1 heterocycles. The third-order valence-corrected chi connectivity index (χ3v) is 3.62. The zero-order valence-electron chi connectivity index (χ0n) is 7.75. The van der Waals surface area contributed by atoms with Crippen LogP contribution >= 0.6 is 0 Å². The Morgan fingerprint density at radius 1 is 1.42 bits per heavy atom. The first-order valence-corrected chi connectivity index (χ1v) is 4.91. The Hall–Kier alpha value is -0.370. The number of carbonyl (C=O) groups is 1. The Kier molecular flexibility index (Phi) is 1.95. The van der Waals surface area contributed by atoms with E-state index < -0.39 is 0 Å². The third kappa shape index (κ3) is 1.28. The lowest BCUT2D eigenvalue weighted by atomic mass is 9.95. The molecule has 2 unspecified atom stereocenters. The Balaban J connectivity index is 1.96. The van der Waals surface area contributed by atoms with Crippen LogP contribution in [-0.2, 0) is 4.79 Å². The van der Waals surface area contributed by atoms with Gasteiger partial charge in [-0.2, -0.15) is 0 Å². The van der Waals surface area contributed by atoms with Gasteiger partial charge in [-0.1, -0.05) is 0 Å². The molecule has 0 aromatic rings. The highest BCUT2D eigenvalue weighted by Crippen LogP contribution is 2.58. The van der Waals surface area contributed by atoms with E-state index >= 15 is 0 Å². The predicted molar refractivity (Wildman–Crippen MR) is 48.0 cm³/mol. The second-order valence-electron chi connectivity index (χ2n) is 4.47. The van der Waals surface area contributed by atoms with Gasteiger partial charge >= 0.3 is 0 Å². The summed E-state index contributed by atoms with van der Waals surface area (Å²) in [5.74, 6) is 0.406. The first kappa shape index (κ1) is 8.24. The highest BCUT2D eigenvalue weighted by atomic mass is 16.1. The molecule has 1 saturated carbocycles. The lowest BCUT2D eigenvalue weighted by Gasteiger charge is -2.13. The number of hydrogen-bond acceptors (Lipinski definition) is 2. The molecule has 0 bridgehead atoms. The maximum atomic E-state index is 10.6. The summed E-state index contributed by atoms with van der Waals surface area (Å²) in [6.07, 6.45) is 6.14. The van der Waals surface area contributed by atoms with Gasteiger partial charge in [-0.3, -0.25) is 0 Å². The standard InChI is InChI=1S/C10H17NO/c1-11-5-2-3-10(4-6-11)7-9(10)8-12/h8-9H,2-7H2,1H3. The van der Waals surface area contributed by atoms with Crippen molar-refractivity contribution in [3.8, 4) is 0 Å². The molecule has 1 spiro atoms. The maximum Gasteiger partial charge on any atom is 0.123 e. The summed E-state index contributed by atoms with van der Waals surface area (Å²) in [6, 6.07) is 0. The number of likely N-dealkylation sites (tertiary alicyclic amines) is 1. The van der Waals surface area contributed by atoms with E-state index in [9.17, 15) is 4.79 Å². The summed E-state index contributed by atoms with van der Waals surface area (Å²) in [4.78, 5) is 13.0. The molecule has 2 rings (SSSR count). The van der Waals surface area contributed by atoms with Gasteiger partial charge in [-0.05, 0) is 51.2 Å². The number of hydrogen-bond donors (Lipinski definition) is 0. The Morgan fingerprint density at radius 3 is 2.92 bits per heavy atom. The van der Waals surface area contributed by atoms with E-state index in [0.29, 0.717) is 11.3 Å². The molecule has 0 N–H and O–H groups in total. The summed E-state index contributed by atoms with van der Waals surface area (Å²) in [7, 11) is 2.18. The van der Waals surface area contributed by atoms with Crippen LogP contribution in [0.5, 0.6) is 0 Å². The highest BCUT2D eigenvalue weighted by molar-refractivity contribution is 5.60. The minimum Gasteiger partial charge on any atom is -0.306 e. The molecule has 2 fully saturated rings. The van der Waals surface area contributed by atoms with Gasteiger partial charge < -0.3 is 9.69 Å². The topological polar surface area (TPSA) is 20.3 Å². The van der Waals surface area contributed by atoms with E-state index in [2.05, 4.69) is 11.9 Å². The number of carbonyl (C=O) groups excluding carboxylic acids is 1.